The van der Waals surface area contributed by atoms with E-state index in [4.69, 9.17) is 16.3 Å². The molecule has 0 aliphatic rings. The van der Waals surface area contributed by atoms with Gasteiger partial charge < -0.3 is 10.1 Å². The molecule has 5 heteroatoms. The largest absolute Gasteiger partial charge is 0.486 e. The number of hydrogen-bond donors (Lipinski definition) is 1. The molecule has 0 atom stereocenters. The first-order valence-corrected chi connectivity index (χ1v) is 8.79. The lowest BCUT2D eigenvalue weighted by molar-refractivity contribution is 0.303. The van der Waals surface area contributed by atoms with Crippen LogP contribution in [0, 0.1) is 0 Å². The highest BCUT2D eigenvalue weighted by atomic mass is 79.9. The van der Waals surface area contributed by atoms with Crippen LogP contribution in [0.1, 0.15) is 31.2 Å². The van der Waals surface area contributed by atoms with Crippen LogP contribution in [0.3, 0.4) is 0 Å². The van der Waals surface area contributed by atoms with Crippen LogP contribution in [0.5, 0.6) is 5.75 Å². The third-order valence-corrected chi connectivity index (χ3v) is 5.09. The van der Waals surface area contributed by atoms with Gasteiger partial charge in [0.15, 0.2) is 0 Å². The van der Waals surface area contributed by atoms with Gasteiger partial charge in [0.1, 0.15) is 12.4 Å². The molecule has 0 amide bonds. The summed E-state index contributed by atoms with van der Waals surface area (Å²) in [4.78, 5) is 1.16. The van der Waals surface area contributed by atoms with Gasteiger partial charge in [-0.15, -0.1) is 11.3 Å². The standard InChI is InChI=1S/C16H19BrClNOS/c1-16(2,3)19-9-11-5-4-6-13(18)15(11)20-10-14-12(17)7-8-21-14/h4-8,19H,9-10H2,1-3H3. The lowest BCUT2D eigenvalue weighted by atomic mass is 10.1. The summed E-state index contributed by atoms with van der Waals surface area (Å²) in [6, 6.07) is 7.89. The smallest absolute Gasteiger partial charge is 0.142 e. The Labute approximate surface area is 143 Å². The maximum Gasteiger partial charge on any atom is 0.142 e. The van der Waals surface area contributed by atoms with Crippen molar-refractivity contribution in [2.24, 2.45) is 0 Å². The van der Waals surface area contributed by atoms with Crippen molar-refractivity contribution < 1.29 is 4.74 Å². The quantitative estimate of drug-likeness (QED) is 0.716. The molecule has 0 unspecified atom stereocenters. The Balaban J connectivity index is 2.12. The van der Waals surface area contributed by atoms with E-state index in [9.17, 15) is 0 Å². The van der Waals surface area contributed by atoms with Gasteiger partial charge in [0, 0.05) is 22.1 Å². The second-order valence-electron chi connectivity index (χ2n) is 5.81. The second kappa shape index (κ2) is 7.14. The fraction of sp³-hybridized carbons (Fsp3) is 0.375. The predicted molar refractivity (Wildman–Crippen MR) is 94.4 cm³/mol. The van der Waals surface area contributed by atoms with Crippen LogP contribution < -0.4 is 10.1 Å². The molecule has 1 heterocycles. The van der Waals surface area contributed by atoms with E-state index in [0.29, 0.717) is 11.6 Å². The first kappa shape index (κ1) is 16.8. The molecule has 0 bridgehead atoms. The molecule has 0 aliphatic heterocycles. The van der Waals surface area contributed by atoms with Crippen molar-refractivity contribution in [3.8, 4) is 5.75 Å². The Kier molecular flexibility index (Phi) is 5.72. The number of hydrogen-bond acceptors (Lipinski definition) is 3. The maximum absolute atomic E-state index is 6.30. The monoisotopic (exact) mass is 387 g/mol. The normalized spacial score (nSPS) is 11.7. The van der Waals surface area contributed by atoms with Gasteiger partial charge in [-0.1, -0.05) is 23.7 Å². The minimum absolute atomic E-state index is 0.0520. The molecule has 21 heavy (non-hydrogen) atoms. The van der Waals surface area contributed by atoms with Crippen molar-refractivity contribution in [3.63, 3.8) is 0 Å². The molecular weight excluding hydrogens is 370 g/mol. The third-order valence-electron chi connectivity index (χ3n) is 2.90. The van der Waals surface area contributed by atoms with Gasteiger partial charge >= 0.3 is 0 Å². The molecule has 0 radical (unpaired) electrons. The van der Waals surface area contributed by atoms with Gasteiger partial charge in [-0.25, -0.2) is 0 Å². The van der Waals surface area contributed by atoms with Gasteiger partial charge in [-0.2, -0.15) is 0 Å². The van der Waals surface area contributed by atoms with Crippen LogP contribution >= 0.6 is 38.9 Å². The first-order valence-electron chi connectivity index (χ1n) is 6.74. The van der Waals surface area contributed by atoms with Crippen molar-refractivity contribution >= 4 is 38.9 Å². The minimum Gasteiger partial charge on any atom is -0.486 e. The van der Waals surface area contributed by atoms with Crippen LogP contribution in [0.25, 0.3) is 0 Å². The predicted octanol–water partition coefficient (Wildman–Crippen LogP) is 5.63. The Hall–Kier alpha value is -0.550. The summed E-state index contributed by atoms with van der Waals surface area (Å²) < 4.78 is 7.04. The average Bonchev–Trinajstić information content (AvgIpc) is 2.80. The van der Waals surface area contributed by atoms with Gasteiger partial charge in [0.25, 0.3) is 0 Å². The molecule has 0 spiro atoms. The SMILES string of the molecule is CC(C)(C)NCc1cccc(Cl)c1OCc1sccc1Br. The maximum atomic E-state index is 6.30. The van der Waals surface area contributed by atoms with Gasteiger partial charge in [0.05, 0.1) is 9.90 Å². The van der Waals surface area contributed by atoms with E-state index in [0.717, 1.165) is 27.2 Å². The van der Waals surface area contributed by atoms with Crippen LogP contribution in [-0.4, -0.2) is 5.54 Å². The molecule has 0 saturated carbocycles. The zero-order chi connectivity index (χ0) is 15.5. The lowest BCUT2D eigenvalue weighted by Crippen LogP contribution is -2.35. The molecule has 1 N–H and O–H groups in total. The number of thiophene rings is 1. The van der Waals surface area contributed by atoms with Gasteiger partial charge in [0.2, 0.25) is 0 Å². The van der Waals surface area contributed by atoms with Crippen LogP contribution in [0.15, 0.2) is 34.1 Å². The fourth-order valence-corrected chi connectivity index (χ4v) is 3.41. The van der Waals surface area contributed by atoms with E-state index in [2.05, 4.69) is 42.0 Å². The van der Waals surface area contributed by atoms with E-state index in [1.54, 1.807) is 11.3 Å². The highest BCUT2D eigenvalue weighted by Gasteiger charge is 2.14. The zero-order valence-corrected chi connectivity index (χ0v) is 15.5. The summed E-state index contributed by atoms with van der Waals surface area (Å²) in [5, 5.41) is 6.15. The number of rotatable bonds is 5. The number of halogens is 2. The highest BCUT2D eigenvalue weighted by Crippen LogP contribution is 2.31. The van der Waals surface area contributed by atoms with Gasteiger partial charge in [-0.3, -0.25) is 0 Å². The van der Waals surface area contributed by atoms with Crippen LogP contribution in [0.2, 0.25) is 5.02 Å². The second-order valence-corrected chi connectivity index (χ2v) is 8.07. The molecule has 1 aromatic carbocycles. The van der Waals surface area contributed by atoms with Gasteiger partial charge in [-0.05, 0) is 54.2 Å². The molecule has 2 rings (SSSR count). The lowest BCUT2D eigenvalue weighted by Gasteiger charge is -2.22. The molecule has 0 aliphatic carbocycles. The highest BCUT2D eigenvalue weighted by molar-refractivity contribution is 9.10. The van der Waals surface area contributed by atoms with Crippen LogP contribution in [-0.2, 0) is 13.2 Å². The number of benzene rings is 1. The fourth-order valence-electron chi connectivity index (χ4n) is 1.78. The minimum atomic E-state index is 0.0520. The number of ether oxygens (including phenoxy) is 1. The molecule has 0 fully saturated rings. The third kappa shape index (κ3) is 4.99. The summed E-state index contributed by atoms with van der Waals surface area (Å²) in [6.07, 6.45) is 0. The first-order chi connectivity index (χ1) is 9.87. The molecule has 1 aromatic heterocycles. The van der Waals surface area contributed by atoms with Crippen molar-refractivity contribution in [3.05, 3.63) is 49.6 Å². The molecule has 2 nitrogen and oxygen atoms in total. The Bertz CT molecular complexity index is 607. The Morgan fingerprint density at radius 3 is 2.67 bits per heavy atom. The summed E-state index contributed by atoms with van der Waals surface area (Å²) in [6.45, 7) is 7.66. The molecule has 114 valence electrons. The van der Waals surface area contributed by atoms with E-state index < -0.39 is 0 Å². The molecular formula is C16H19BrClNOS. The van der Waals surface area contributed by atoms with Crippen molar-refractivity contribution in [1.82, 2.24) is 5.32 Å². The van der Waals surface area contributed by atoms with E-state index in [1.165, 1.54) is 0 Å². The van der Waals surface area contributed by atoms with E-state index in [1.807, 2.05) is 29.6 Å². The number of nitrogens with one attached hydrogen (secondary N) is 1. The van der Waals surface area contributed by atoms with E-state index in [-0.39, 0.29) is 5.54 Å². The van der Waals surface area contributed by atoms with Crippen molar-refractivity contribution in [1.29, 1.82) is 0 Å². The van der Waals surface area contributed by atoms with Crippen molar-refractivity contribution in [2.75, 3.05) is 0 Å². The molecule has 2 aromatic rings. The van der Waals surface area contributed by atoms with E-state index >= 15 is 0 Å². The topological polar surface area (TPSA) is 21.3 Å². The summed E-state index contributed by atoms with van der Waals surface area (Å²) >= 11 is 11.5. The van der Waals surface area contributed by atoms with Crippen molar-refractivity contribution in [2.45, 2.75) is 39.5 Å². The molecule has 0 saturated heterocycles. The average molecular weight is 389 g/mol. The Morgan fingerprint density at radius 1 is 1.29 bits per heavy atom. The zero-order valence-electron chi connectivity index (χ0n) is 12.4. The summed E-state index contributed by atoms with van der Waals surface area (Å²) in [5.41, 5.74) is 1.13. The van der Waals surface area contributed by atoms with Crippen LogP contribution in [0.4, 0.5) is 0 Å². The summed E-state index contributed by atoms with van der Waals surface area (Å²) in [7, 11) is 0. The Morgan fingerprint density at radius 2 is 2.05 bits per heavy atom. The number of para-hydroxylation sites is 1. The summed E-state index contributed by atoms with van der Waals surface area (Å²) in [5.74, 6) is 0.760.